The van der Waals surface area contributed by atoms with Crippen molar-refractivity contribution in [1.82, 2.24) is 0 Å². The number of carboxylic acid groups (broad SMARTS) is 1. The van der Waals surface area contributed by atoms with Crippen molar-refractivity contribution in [2.45, 2.75) is 246 Å². The number of benzene rings is 1. The number of carboxylic acids is 1. The Morgan fingerprint density at radius 2 is 0.774 bits per heavy atom. The molecule has 0 aromatic heterocycles. The summed E-state index contributed by atoms with van der Waals surface area (Å²) >= 11 is 0. The fourth-order valence-electron chi connectivity index (χ4n) is 7.47. The van der Waals surface area contributed by atoms with Gasteiger partial charge in [0.2, 0.25) is 5.75 Å². The van der Waals surface area contributed by atoms with Crippen molar-refractivity contribution >= 4 is 5.97 Å². The largest absolute Gasteiger partial charge is 0.503 e. The third-order valence-corrected chi connectivity index (χ3v) is 10.8. The van der Waals surface area contributed by atoms with Crippen LogP contribution in [-0.2, 0) is 17.7 Å². The first-order valence-corrected chi connectivity index (χ1v) is 23.1. The molecule has 0 bridgehead atoms. The minimum Gasteiger partial charge on any atom is -0.503 e. The van der Waals surface area contributed by atoms with Gasteiger partial charge in [-0.1, -0.05) is 207 Å². The van der Waals surface area contributed by atoms with Gasteiger partial charge >= 0.3 is 5.97 Å². The molecule has 0 aliphatic heterocycles. The maximum Gasteiger partial charge on any atom is 0.339 e. The molecule has 0 aliphatic rings. The SMILES string of the molecule is CCCCCCCCCCOOc1c(O)c(C(=O)O)c(CCCCCCCCCC)c(CCCCCCCCCC)c1OCCCCCCCCCC. The molecule has 0 aliphatic carbocycles. The van der Waals surface area contributed by atoms with Gasteiger partial charge in [-0.25, -0.2) is 4.79 Å². The molecule has 0 unspecified atom stereocenters. The summed E-state index contributed by atoms with van der Waals surface area (Å²) in [4.78, 5) is 24.5. The average Bonchev–Trinajstić information content (AvgIpc) is 3.15. The highest BCUT2D eigenvalue weighted by Gasteiger charge is 2.30. The Balaban J connectivity index is 3.19. The zero-order valence-corrected chi connectivity index (χ0v) is 35.5. The predicted octanol–water partition coefficient (Wildman–Crippen LogP) is 15.4. The fourth-order valence-corrected chi connectivity index (χ4v) is 7.47. The second-order valence-electron chi connectivity index (χ2n) is 15.8. The summed E-state index contributed by atoms with van der Waals surface area (Å²) in [5.74, 6) is -0.912. The second kappa shape index (κ2) is 35.7. The van der Waals surface area contributed by atoms with Crippen LogP contribution in [0.5, 0.6) is 17.2 Å². The molecular formula is C47H86O6. The van der Waals surface area contributed by atoms with Crippen LogP contribution in [-0.4, -0.2) is 29.4 Å². The molecule has 2 N–H and O–H groups in total. The molecule has 6 heteroatoms. The van der Waals surface area contributed by atoms with Crippen LogP contribution in [0.15, 0.2) is 0 Å². The van der Waals surface area contributed by atoms with Crippen LogP contribution in [0.3, 0.4) is 0 Å². The van der Waals surface area contributed by atoms with Gasteiger partial charge in [0.1, 0.15) is 5.56 Å². The lowest BCUT2D eigenvalue weighted by molar-refractivity contribution is -0.209. The molecular weight excluding hydrogens is 661 g/mol. The molecule has 0 amide bonds. The van der Waals surface area contributed by atoms with E-state index in [1.54, 1.807) is 0 Å². The van der Waals surface area contributed by atoms with E-state index >= 15 is 0 Å². The smallest absolute Gasteiger partial charge is 0.339 e. The quantitative estimate of drug-likeness (QED) is 0.0395. The van der Waals surface area contributed by atoms with E-state index in [4.69, 9.17) is 14.5 Å². The fraction of sp³-hybridized carbons (Fsp3) is 0.851. The van der Waals surface area contributed by atoms with Crippen LogP contribution in [0.2, 0.25) is 0 Å². The lowest BCUT2D eigenvalue weighted by Crippen LogP contribution is -2.13. The molecule has 0 saturated heterocycles. The van der Waals surface area contributed by atoms with Crippen LogP contribution in [0.25, 0.3) is 0 Å². The van der Waals surface area contributed by atoms with Gasteiger partial charge in [-0.05, 0) is 44.1 Å². The van der Waals surface area contributed by atoms with Gasteiger partial charge in [0.05, 0.1) is 13.2 Å². The number of ether oxygens (including phenoxy) is 1. The minimum absolute atomic E-state index is 0.0346. The van der Waals surface area contributed by atoms with Crippen LogP contribution in [0.4, 0.5) is 0 Å². The Labute approximate surface area is 327 Å². The summed E-state index contributed by atoms with van der Waals surface area (Å²) < 4.78 is 6.56. The summed E-state index contributed by atoms with van der Waals surface area (Å²) in [7, 11) is 0. The van der Waals surface area contributed by atoms with Gasteiger partial charge in [-0.15, -0.1) is 0 Å². The number of aromatic carboxylic acids is 1. The molecule has 0 heterocycles. The maximum absolute atomic E-state index is 12.9. The van der Waals surface area contributed by atoms with E-state index < -0.39 is 5.97 Å². The second-order valence-corrected chi connectivity index (χ2v) is 15.8. The van der Waals surface area contributed by atoms with Crippen LogP contribution in [0, 0.1) is 0 Å². The number of carbonyl (C=O) groups is 1. The molecule has 0 saturated carbocycles. The van der Waals surface area contributed by atoms with Crippen LogP contribution < -0.4 is 9.62 Å². The third-order valence-electron chi connectivity index (χ3n) is 10.8. The van der Waals surface area contributed by atoms with E-state index in [0.29, 0.717) is 31.8 Å². The van der Waals surface area contributed by atoms with Gasteiger partial charge in [0, 0.05) is 5.56 Å². The van der Waals surface area contributed by atoms with Crippen molar-refractivity contribution in [3.05, 3.63) is 16.7 Å². The van der Waals surface area contributed by atoms with Crippen molar-refractivity contribution in [1.29, 1.82) is 0 Å². The van der Waals surface area contributed by atoms with E-state index in [0.717, 1.165) is 68.9 Å². The van der Waals surface area contributed by atoms with E-state index in [9.17, 15) is 15.0 Å². The van der Waals surface area contributed by atoms with Gasteiger partial charge in [-0.3, -0.25) is 0 Å². The zero-order valence-electron chi connectivity index (χ0n) is 35.5. The molecule has 1 aromatic carbocycles. The van der Waals surface area contributed by atoms with Gasteiger partial charge in [0.15, 0.2) is 11.5 Å². The topological polar surface area (TPSA) is 85.2 Å². The monoisotopic (exact) mass is 747 g/mol. The molecule has 0 fully saturated rings. The summed E-state index contributed by atoms with van der Waals surface area (Å²) in [5.41, 5.74) is 1.59. The predicted molar refractivity (Wildman–Crippen MR) is 225 cm³/mol. The Morgan fingerprint density at radius 1 is 0.434 bits per heavy atom. The van der Waals surface area contributed by atoms with Gasteiger partial charge < -0.3 is 19.8 Å². The first-order chi connectivity index (χ1) is 26.0. The number of hydrogen-bond donors (Lipinski definition) is 2. The Kier molecular flexibility index (Phi) is 33.1. The Hall–Kier alpha value is -1.95. The summed E-state index contributed by atoms with van der Waals surface area (Å²) in [5, 5.41) is 22.1. The van der Waals surface area contributed by atoms with Crippen molar-refractivity contribution < 1.29 is 29.5 Å². The summed E-state index contributed by atoms with van der Waals surface area (Å²) in [6, 6.07) is 0. The van der Waals surface area contributed by atoms with Gasteiger partial charge in [0.25, 0.3) is 0 Å². The van der Waals surface area contributed by atoms with Crippen molar-refractivity contribution in [3.8, 4) is 17.2 Å². The van der Waals surface area contributed by atoms with E-state index in [2.05, 4.69) is 27.7 Å². The van der Waals surface area contributed by atoms with Crippen LogP contribution in [0.1, 0.15) is 255 Å². The summed E-state index contributed by atoms with van der Waals surface area (Å²) in [6.45, 7) is 9.89. The highest BCUT2D eigenvalue weighted by molar-refractivity contribution is 5.95. The third kappa shape index (κ3) is 24.2. The molecule has 310 valence electrons. The number of rotatable bonds is 40. The van der Waals surface area contributed by atoms with Gasteiger partial charge in [-0.2, -0.15) is 4.89 Å². The normalized spacial score (nSPS) is 11.4. The first kappa shape index (κ1) is 49.1. The molecule has 0 radical (unpaired) electrons. The highest BCUT2D eigenvalue weighted by atomic mass is 17.2. The molecule has 1 aromatic rings. The number of aromatic hydroxyl groups is 1. The molecule has 1 rings (SSSR count). The first-order valence-electron chi connectivity index (χ1n) is 23.1. The number of hydrogen-bond acceptors (Lipinski definition) is 5. The Bertz CT molecular complexity index is 992. The molecule has 53 heavy (non-hydrogen) atoms. The van der Waals surface area contributed by atoms with Crippen LogP contribution >= 0.6 is 0 Å². The lowest BCUT2D eigenvalue weighted by atomic mass is 9.90. The van der Waals surface area contributed by atoms with E-state index in [1.165, 1.54) is 148 Å². The zero-order chi connectivity index (χ0) is 38.6. The number of phenols is 1. The lowest BCUT2D eigenvalue weighted by Gasteiger charge is -2.22. The Morgan fingerprint density at radius 3 is 1.17 bits per heavy atom. The van der Waals surface area contributed by atoms with Crippen molar-refractivity contribution in [3.63, 3.8) is 0 Å². The average molecular weight is 747 g/mol. The molecule has 0 spiro atoms. The molecule has 6 nitrogen and oxygen atoms in total. The van der Waals surface area contributed by atoms with E-state index in [1.807, 2.05) is 0 Å². The highest BCUT2D eigenvalue weighted by Crippen LogP contribution is 2.46. The summed E-state index contributed by atoms with van der Waals surface area (Å²) in [6.07, 6.45) is 39.4. The van der Waals surface area contributed by atoms with E-state index in [-0.39, 0.29) is 17.1 Å². The minimum atomic E-state index is -1.11. The standard InChI is InChI=1S/C47H86O6/c1-5-9-13-17-21-25-29-33-37-41-42(38-34-30-26-22-18-14-10-6-2)45(51-39-35-31-27-23-19-15-11-7-3)46(44(48)43(41)47(49)50)53-52-40-36-32-28-24-20-16-12-8-4/h48H,5-40H2,1-4H3,(H,49,50). The van der Waals surface area contributed by atoms with Crippen molar-refractivity contribution in [2.75, 3.05) is 13.2 Å². The number of unbranched alkanes of at least 4 members (excludes halogenated alkanes) is 28. The van der Waals surface area contributed by atoms with Crippen molar-refractivity contribution in [2.24, 2.45) is 0 Å². The maximum atomic E-state index is 12.9. The molecule has 0 atom stereocenters.